The van der Waals surface area contributed by atoms with E-state index >= 15 is 0 Å². The molecule has 0 spiro atoms. The van der Waals surface area contributed by atoms with E-state index in [1.54, 1.807) is 35.2 Å². The Hall–Kier alpha value is -1.63. The van der Waals surface area contributed by atoms with E-state index in [4.69, 9.17) is 67.2 Å². The molecule has 0 aliphatic heterocycles. The fourth-order valence-corrected chi connectivity index (χ4v) is 3.68. The molecule has 2 aromatic heterocycles. The minimum absolute atomic E-state index is 0.0120. The lowest BCUT2D eigenvalue weighted by Crippen LogP contribution is -2.07. The second kappa shape index (κ2) is 9.45. The highest BCUT2D eigenvalue weighted by molar-refractivity contribution is 6.55. The summed E-state index contributed by atoms with van der Waals surface area (Å²) in [7, 11) is 0. The summed E-state index contributed by atoms with van der Waals surface area (Å²) in [6.45, 7) is 2.53. The van der Waals surface area contributed by atoms with Crippen LogP contribution in [0.2, 0.25) is 25.1 Å². The van der Waals surface area contributed by atoms with E-state index < -0.39 is 0 Å². The summed E-state index contributed by atoms with van der Waals surface area (Å²) < 4.78 is 12.9. The molecule has 5 nitrogen and oxygen atoms in total. The van der Waals surface area contributed by atoms with Crippen LogP contribution in [0.25, 0.3) is 6.08 Å². The topological polar surface area (TPSA) is 57.3 Å². The van der Waals surface area contributed by atoms with Crippen LogP contribution in [0.3, 0.4) is 0 Å². The maximum atomic E-state index is 12.3. The molecule has 152 valence electrons. The summed E-state index contributed by atoms with van der Waals surface area (Å²) in [5.74, 6) is 0.876. The molecule has 0 radical (unpaired) electrons. The molecule has 0 unspecified atom stereocenters. The number of hydrogen-bond acceptors (Lipinski definition) is 4. The molecule has 0 atom stereocenters. The molecule has 0 N–H and O–H groups in total. The summed E-state index contributed by atoms with van der Waals surface area (Å²) in [5, 5.41) is 4.32. The minimum atomic E-state index is -0.178. The molecule has 0 aliphatic rings. The Kier molecular flexibility index (Phi) is 7.19. The molecule has 3 aromatic rings. The van der Waals surface area contributed by atoms with Gasteiger partial charge in [0.25, 0.3) is 0 Å². The molecule has 0 saturated carbocycles. The van der Waals surface area contributed by atoms with E-state index in [2.05, 4.69) is 5.10 Å². The van der Waals surface area contributed by atoms with Crippen molar-refractivity contribution in [2.45, 2.75) is 20.1 Å². The number of carbonyl (C=O) groups excluding carboxylic acids is 1. The molecule has 0 bridgehead atoms. The van der Waals surface area contributed by atoms with Crippen LogP contribution in [0.5, 0.6) is 5.75 Å². The first kappa shape index (κ1) is 22.1. The third-order valence-corrected chi connectivity index (χ3v) is 6.12. The Morgan fingerprint density at radius 1 is 1.07 bits per heavy atom. The summed E-state index contributed by atoms with van der Waals surface area (Å²) in [6, 6.07) is 5.06. The number of ether oxygens (including phenoxy) is 1. The van der Waals surface area contributed by atoms with Gasteiger partial charge in [-0.05, 0) is 37.3 Å². The molecule has 2 heterocycles. The maximum absolute atomic E-state index is 12.3. The number of nitrogens with zero attached hydrogens (tertiary/aromatic N) is 2. The smallest absolute Gasteiger partial charge is 0.203 e. The van der Waals surface area contributed by atoms with Crippen LogP contribution in [0, 0.1) is 0 Å². The van der Waals surface area contributed by atoms with Crippen LogP contribution in [0.15, 0.2) is 34.9 Å². The number of allylic oxidation sites excluding steroid dienone is 1. The molecule has 0 fully saturated rings. The fourth-order valence-electron chi connectivity index (χ4n) is 2.45. The van der Waals surface area contributed by atoms with Crippen molar-refractivity contribution in [2.75, 3.05) is 0 Å². The summed E-state index contributed by atoms with van der Waals surface area (Å²) in [4.78, 5) is 12.3. The third kappa shape index (κ3) is 4.76. The van der Waals surface area contributed by atoms with Gasteiger partial charge in [-0.2, -0.15) is 5.10 Å². The van der Waals surface area contributed by atoms with Crippen molar-refractivity contribution < 1.29 is 13.9 Å². The van der Waals surface area contributed by atoms with Crippen molar-refractivity contribution in [2.24, 2.45) is 0 Å². The third-order valence-electron chi connectivity index (χ3n) is 3.88. The van der Waals surface area contributed by atoms with Gasteiger partial charge in [0.05, 0.1) is 15.1 Å². The van der Waals surface area contributed by atoms with Gasteiger partial charge in [0, 0.05) is 12.7 Å². The second-order valence-electron chi connectivity index (χ2n) is 5.72. The Bertz CT molecular complexity index is 1060. The van der Waals surface area contributed by atoms with Crippen molar-refractivity contribution in [3.63, 3.8) is 0 Å². The Morgan fingerprint density at radius 2 is 1.72 bits per heavy atom. The molecule has 0 saturated heterocycles. The summed E-state index contributed by atoms with van der Waals surface area (Å²) in [5.41, 5.74) is 0.500. The number of aryl methyl sites for hydroxylation is 1. The SMILES string of the molecule is CCn1nccc1C(=O)/C=C/c1ccc(COc2c(Cl)c(Cl)c(Cl)c(Cl)c2Cl)o1. The minimum Gasteiger partial charge on any atom is -0.482 e. The standard InChI is InChI=1S/C19H13Cl5N2O3/c1-2-26-12(7-8-25-26)13(27)6-5-10-3-4-11(29-10)9-28-19-17(23)15(21)14(20)16(22)18(19)24/h3-8H,2,9H2,1H3/b6-5+. The second-order valence-corrected chi connectivity index (χ2v) is 7.61. The quantitative estimate of drug-likeness (QED) is 0.150. The normalized spacial score (nSPS) is 11.4. The van der Waals surface area contributed by atoms with Gasteiger partial charge in [0.1, 0.15) is 33.9 Å². The number of benzene rings is 1. The zero-order valence-electron chi connectivity index (χ0n) is 14.9. The average molecular weight is 495 g/mol. The van der Waals surface area contributed by atoms with Crippen molar-refractivity contribution in [1.82, 2.24) is 9.78 Å². The van der Waals surface area contributed by atoms with Gasteiger partial charge in [-0.25, -0.2) is 0 Å². The van der Waals surface area contributed by atoms with Crippen LogP contribution in [-0.2, 0) is 13.2 Å². The first-order valence-electron chi connectivity index (χ1n) is 8.30. The van der Waals surface area contributed by atoms with E-state index in [0.29, 0.717) is 23.8 Å². The zero-order valence-corrected chi connectivity index (χ0v) is 18.7. The Labute approximate surface area is 191 Å². The molecule has 3 rings (SSSR count). The fraction of sp³-hybridized carbons (Fsp3) is 0.158. The van der Waals surface area contributed by atoms with Gasteiger partial charge in [-0.15, -0.1) is 0 Å². The van der Waals surface area contributed by atoms with E-state index in [1.165, 1.54) is 6.08 Å². The molecule has 1 aromatic carbocycles. The molecule has 0 aliphatic carbocycles. The van der Waals surface area contributed by atoms with Gasteiger partial charge >= 0.3 is 0 Å². The Balaban J connectivity index is 1.70. The molecule has 0 amide bonds. The lowest BCUT2D eigenvalue weighted by Gasteiger charge is -2.12. The monoisotopic (exact) mass is 492 g/mol. The van der Waals surface area contributed by atoms with Crippen molar-refractivity contribution in [3.05, 3.63) is 72.8 Å². The largest absolute Gasteiger partial charge is 0.482 e. The van der Waals surface area contributed by atoms with Crippen LogP contribution >= 0.6 is 58.0 Å². The van der Waals surface area contributed by atoms with Crippen LogP contribution < -0.4 is 4.74 Å². The number of halogens is 5. The van der Waals surface area contributed by atoms with Crippen molar-refractivity contribution in [1.29, 1.82) is 0 Å². The van der Waals surface area contributed by atoms with Crippen LogP contribution in [-0.4, -0.2) is 15.6 Å². The van der Waals surface area contributed by atoms with Crippen LogP contribution in [0.4, 0.5) is 0 Å². The lowest BCUT2D eigenvalue weighted by atomic mass is 10.2. The van der Waals surface area contributed by atoms with Crippen LogP contribution in [0.1, 0.15) is 28.9 Å². The number of aromatic nitrogens is 2. The van der Waals surface area contributed by atoms with E-state index in [-0.39, 0.29) is 43.3 Å². The number of carbonyl (C=O) groups is 1. The lowest BCUT2D eigenvalue weighted by molar-refractivity contribution is 0.103. The number of furan rings is 1. The predicted octanol–water partition coefficient (Wildman–Crippen LogP) is 7.24. The summed E-state index contributed by atoms with van der Waals surface area (Å²) >= 11 is 30.3. The molecular formula is C19H13Cl5N2O3. The van der Waals surface area contributed by atoms with E-state index in [9.17, 15) is 4.79 Å². The van der Waals surface area contributed by atoms with Gasteiger partial charge < -0.3 is 9.15 Å². The van der Waals surface area contributed by atoms with E-state index in [0.717, 1.165) is 0 Å². The molecule has 29 heavy (non-hydrogen) atoms. The highest BCUT2D eigenvalue weighted by atomic mass is 35.5. The Morgan fingerprint density at radius 3 is 2.38 bits per heavy atom. The first-order valence-corrected chi connectivity index (χ1v) is 10.2. The molecule has 10 heteroatoms. The van der Waals surface area contributed by atoms with Gasteiger partial charge in [0.15, 0.2) is 5.75 Å². The highest BCUT2D eigenvalue weighted by Gasteiger charge is 2.21. The predicted molar refractivity (Wildman–Crippen MR) is 116 cm³/mol. The van der Waals surface area contributed by atoms with Gasteiger partial charge in [-0.3, -0.25) is 9.48 Å². The molecular weight excluding hydrogens is 481 g/mol. The zero-order chi connectivity index (χ0) is 21.1. The number of ketones is 1. The van der Waals surface area contributed by atoms with Gasteiger partial charge in [-0.1, -0.05) is 58.0 Å². The summed E-state index contributed by atoms with van der Waals surface area (Å²) in [6.07, 6.45) is 4.56. The van der Waals surface area contributed by atoms with Crippen molar-refractivity contribution in [3.8, 4) is 5.75 Å². The number of hydrogen-bond donors (Lipinski definition) is 0. The van der Waals surface area contributed by atoms with E-state index in [1.807, 2.05) is 6.92 Å². The maximum Gasteiger partial charge on any atom is 0.203 e. The average Bonchev–Trinajstić information content (AvgIpc) is 3.38. The van der Waals surface area contributed by atoms with Gasteiger partial charge in [0.2, 0.25) is 5.78 Å². The highest BCUT2D eigenvalue weighted by Crippen LogP contribution is 2.48. The number of rotatable bonds is 7. The van der Waals surface area contributed by atoms with Crippen molar-refractivity contribution >= 4 is 69.9 Å². The first-order chi connectivity index (χ1) is 13.8.